The van der Waals surface area contributed by atoms with Crippen LogP contribution in [0.1, 0.15) is 83.8 Å². The van der Waals surface area contributed by atoms with E-state index in [9.17, 15) is 31.3 Å². The van der Waals surface area contributed by atoms with Crippen LogP contribution in [-0.4, -0.2) is 76.5 Å². The van der Waals surface area contributed by atoms with E-state index in [4.69, 9.17) is 19.2 Å². The molecule has 9 nitrogen and oxygen atoms in total. The van der Waals surface area contributed by atoms with E-state index in [2.05, 4.69) is 29.7 Å². The number of nitrogens with zero attached hydrogens (tertiary/aromatic N) is 2. The minimum atomic E-state index is -4.62. The van der Waals surface area contributed by atoms with Crippen LogP contribution in [0.5, 0.6) is 0 Å². The highest BCUT2D eigenvalue weighted by Crippen LogP contribution is 2.50. The molecule has 1 heterocycles. The monoisotopic (exact) mass is 738 g/mol. The first-order valence-electron chi connectivity index (χ1n) is 16.8. The number of nitrogens with one attached hydrogen (secondary N) is 2. The zero-order valence-electron chi connectivity index (χ0n) is 29.6. The number of amides is 1. The number of carbonyl (C=O) groups excluding carboxylic acids is 1. The van der Waals surface area contributed by atoms with Gasteiger partial charge in [0.15, 0.2) is 6.10 Å². The van der Waals surface area contributed by atoms with Crippen LogP contribution in [-0.2, 0) is 37.1 Å². The van der Waals surface area contributed by atoms with Gasteiger partial charge in [-0.05, 0) is 71.2 Å². The van der Waals surface area contributed by atoms with Gasteiger partial charge in [-0.25, -0.2) is 13.8 Å². The number of alkyl halides is 5. The number of rotatable bonds is 18. The van der Waals surface area contributed by atoms with Crippen molar-refractivity contribution in [2.45, 2.75) is 140 Å². The number of fused-ring (bicyclic) bond motifs is 1. The van der Waals surface area contributed by atoms with Crippen LogP contribution in [0.15, 0.2) is 18.2 Å². The van der Waals surface area contributed by atoms with Gasteiger partial charge in [0.05, 0.1) is 35.9 Å². The minimum absolute atomic E-state index is 0.0259. The molecule has 2 aliphatic rings. The SMILES string of the molecule is C[C@@H](O[C@H](C)C(F)(F)F)[C@H](N[S@+]([O-])C(C)(C)C)c1nc2cc([C@@H](COC3CC3)NC(=O)C[C@H]3CC3(F)F)ccc2n1COCC[Si](C)(C)C. The summed E-state index contributed by atoms with van der Waals surface area (Å²) in [5, 5.41) is 2.86. The number of benzene rings is 1. The Hall–Kier alpha value is -1.82. The molecule has 2 fully saturated rings. The number of hydrogen-bond acceptors (Lipinski definition) is 7. The maximum atomic E-state index is 13.6. The zero-order valence-corrected chi connectivity index (χ0v) is 31.4. The number of halogens is 5. The topological polar surface area (TPSA) is 110 Å². The summed E-state index contributed by atoms with van der Waals surface area (Å²) in [6, 6.07) is 4.48. The standard InChI is InChI=1S/C33H51F5N4O5SSi/c1-20(47-21(2)33(36,37)38)29(41-48(44)31(3,4)5)30-40-25-15-22(9-12-27(25)42(30)19-45-13-14-49(6,7)8)26(18-46-24-10-11-24)39-28(43)16-23-17-32(23,34)35/h9,12,15,20-21,23-24,26,29,41H,10-11,13-14,16-19H2,1-8H3,(H,39,43)/t20-,21-,23+,26-,29+,48-/m1/s1. The van der Waals surface area contributed by atoms with Crippen LogP contribution >= 0.6 is 0 Å². The van der Waals surface area contributed by atoms with E-state index < -0.39 is 72.4 Å². The fraction of sp³-hybridized carbons (Fsp3) is 0.758. The number of imidazole rings is 1. The highest BCUT2D eigenvalue weighted by molar-refractivity contribution is 7.90. The Bertz CT molecular complexity index is 1430. The van der Waals surface area contributed by atoms with Crippen molar-refractivity contribution in [3.63, 3.8) is 0 Å². The van der Waals surface area contributed by atoms with E-state index in [0.29, 0.717) is 23.2 Å². The maximum Gasteiger partial charge on any atom is 0.414 e. The molecule has 4 rings (SSSR count). The molecule has 1 aromatic carbocycles. The average Bonchev–Trinajstić information content (AvgIpc) is 3.86. The first-order valence-corrected chi connectivity index (χ1v) is 21.7. The van der Waals surface area contributed by atoms with Gasteiger partial charge < -0.3 is 28.6 Å². The average molecular weight is 739 g/mol. The molecule has 0 saturated heterocycles. The summed E-state index contributed by atoms with van der Waals surface area (Å²) < 4.78 is 103. The van der Waals surface area contributed by atoms with Crippen molar-refractivity contribution in [2.24, 2.45) is 5.92 Å². The summed E-state index contributed by atoms with van der Waals surface area (Å²) >= 11 is -1.72. The summed E-state index contributed by atoms with van der Waals surface area (Å²) in [4.78, 5) is 17.7. The maximum absolute atomic E-state index is 13.6. The van der Waals surface area contributed by atoms with Gasteiger partial charge >= 0.3 is 6.18 Å². The molecule has 0 aliphatic heterocycles. The summed E-state index contributed by atoms with van der Waals surface area (Å²) in [7, 11) is -1.44. The Kier molecular flexibility index (Phi) is 12.6. The summed E-state index contributed by atoms with van der Waals surface area (Å²) in [5.74, 6) is -4.04. The predicted molar refractivity (Wildman–Crippen MR) is 181 cm³/mol. The van der Waals surface area contributed by atoms with Gasteiger partial charge in [0, 0.05) is 44.8 Å². The fourth-order valence-corrected chi connectivity index (χ4v) is 6.71. The summed E-state index contributed by atoms with van der Waals surface area (Å²) in [6.45, 7) is 14.9. The molecule has 1 aromatic heterocycles. The second-order valence-electron chi connectivity index (χ2n) is 15.5. The van der Waals surface area contributed by atoms with Gasteiger partial charge in [0.1, 0.15) is 23.3 Å². The lowest BCUT2D eigenvalue weighted by Gasteiger charge is -2.32. The predicted octanol–water partition coefficient (Wildman–Crippen LogP) is 7.18. The molecule has 2 aromatic rings. The number of aromatic nitrogens is 2. The van der Waals surface area contributed by atoms with Crippen molar-refractivity contribution >= 4 is 36.4 Å². The molecule has 0 spiro atoms. The van der Waals surface area contributed by atoms with Crippen molar-refractivity contribution in [1.82, 2.24) is 19.6 Å². The first kappa shape index (κ1) is 40.0. The number of ether oxygens (including phenoxy) is 3. The van der Waals surface area contributed by atoms with Crippen LogP contribution < -0.4 is 10.0 Å². The molecule has 16 heteroatoms. The largest absolute Gasteiger partial charge is 0.598 e. The molecule has 2 N–H and O–H groups in total. The van der Waals surface area contributed by atoms with E-state index >= 15 is 0 Å². The van der Waals surface area contributed by atoms with Gasteiger partial charge in [0.2, 0.25) is 5.91 Å². The van der Waals surface area contributed by atoms with E-state index in [-0.39, 0.29) is 38.1 Å². The molecule has 278 valence electrons. The lowest BCUT2D eigenvalue weighted by Crippen LogP contribution is -2.47. The third kappa shape index (κ3) is 11.6. The second kappa shape index (κ2) is 15.4. The number of carbonyl (C=O) groups is 1. The van der Waals surface area contributed by atoms with Crippen LogP contribution in [0.2, 0.25) is 25.7 Å². The van der Waals surface area contributed by atoms with E-state index in [1.165, 1.54) is 6.92 Å². The van der Waals surface area contributed by atoms with Gasteiger partial charge in [0.25, 0.3) is 5.92 Å². The van der Waals surface area contributed by atoms with E-state index in [1.54, 1.807) is 43.5 Å². The molecule has 0 bridgehead atoms. The molecule has 0 unspecified atom stereocenters. The minimum Gasteiger partial charge on any atom is -0.598 e. The smallest absolute Gasteiger partial charge is 0.414 e. The van der Waals surface area contributed by atoms with Crippen LogP contribution in [0, 0.1) is 5.92 Å². The Labute approximate surface area is 289 Å². The van der Waals surface area contributed by atoms with E-state index in [1.807, 2.05) is 0 Å². The molecule has 2 aliphatic carbocycles. The van der Waals surface area contributed by atoms with Crippen molar-refractivity contribution in [3.8, 4) is 0 Å². The quantitative estimate of drug-likeness (QED) is 0.0722. The van der Waals surface area contributed by atoms with Crippen molar-refractivity contribution in [1.29, 1.82) is 0 Å². The molecule has 1 amide bonds. The van der Waals surface area contributed by atoms with Crippen LogP contribution in [0.4, 0.5) is 22.0 Å². The highest BCUT2D eigenvalue weighted by atomic mass is 32.2. The number of hydrogen-bond donors (Lipinski definition) is 2. The van der Waals surface area contributed by atoms with Gasteiger partial charge in [-0.3, -0.25) is 4.79 Å². The fourth-order valence-electron chi connectivity index (χ4n) is 5.07. The Morgan fingerprint density at radius 2 is 1.84 bits per heavy atom. The zero-order chi connectivity index (χ0) is 36.5. The van der Waals surface area contributed by atoms with Gasteiger partial charge in [-0.2, -0.15) is 13.2 Å². The summed E-state index contributed by atoms with van der Waals surface area (Å²) in [6.07, 6.45) is -6.57. The second-order valence-corrected chi connectivity index (χ2v) is 23.1. The lowest BCUT2D eigenvalue weighted by atomic mass is 10.1. The Morgan fingerprint density at radius 1 is 1.18 bits per heavy atom. The van der Waals surface area contributed by atoms with Crippen molar-refractivity contribution < 1.29 is 45.5 Å². The first-order chi connectivity index (χ1) is 22.5. The molecule has 0 radical (unpaired) electrons. The molecule has 49 heavy (non-hydrogen) atoms. The molecular weight excluding hydrogens is 688 g/mol. The third-order valence-corrected chi connectivity index (χ3v) is 11.9. The molecular formula is C33H51F5N4O5SSi. The van der Waals surface area contributed by atoms with Crippen molar-refractivity contribution in [2.75, 3.05) is 13.2 Å². The molecule has 2 saturated carbocycles. The summed E-state index contributed by atoms with van der Waals surface area (Å²) in [5.41, 5.74) is 1.67. The molecule has 6 atom stereocenters. The van der Waals surface area contributed by atoms with Gasteiger partial charge in [-0.1, -0.05) is 25.7 Å². The highest BCUT2D eigenvalue weighted by Gasteiger charge is 2.57. The Balaban J connectivity index is 1.72. The van der Waals surface area contributed by atoms with Crippen LogP contribution in [0.3, 0.4) is 0 Å². The normalized spacial score (nSPS) is 21.3. The Morgan fingerprint density at radius 3 is 2.39 bits per heavy atom. The van der Waals surface area contributed by atoms with Crippen molar-refractivity contribution in [3.05, 3.63) is 29.6 Å². The lowest BCUT2D eigenvalue weighted by molar-refractivity contribution is -0.227. The van der Waals surface area contributed by atoms with Crippen LogP contribution in [0.25, 0.3) is 11.0 Å². The third-order valence-electron chi connectivity index (χ3n) is 8.58. The van der Waals surface area contributed by atoms with E-state index in [0.717, 1.165) is 25.8 Å². The van der Waals surface area contributed by atoms with Gasteiger partial charge in [-0.15, -0.1) is 4.72 Å².